The fraction of sp³-hybridized carbons (Fsp3) is 0.222. The van der Waals surface area contributed by atoms with E-state index in [1.54, 1.807) is 18.2 Å². The van der Waals surface area contributed by atoms with E-state index in [0.717, 1.165) is 4.47 Å². The van der Waals surface area contributed by atoms with E-state index in [0.29, 0.717) is 22.9 Å². The van der Waals surface area contributed by atoms with Crippen LogP contribution in [0.5, 0.6) is 0 Å². The molecule has 0 radical (unpaired) electrons. The molecule has 0 saturated carbocycles. The Morgan fingerprint density at radius 1 is 1.46 bits per heavy atom. The number of ketones is 1. The lowest BCUT2D eigenvalue weighted by molar-refractivity contribution is 0.0989. The second-order valence-electron chi connectivity index (χ2n) is 2.49. The van der Waals surface area contributed by atoms with Crippen molar-refractivity contribution in [2.45, 2.75) is 6.42 Å². The van der Waals surface area contributed by atoms with Crippen molar-refractivity contribution < 1.29 is 4.79 Å². The Morgan fingerprint density at radius 3 is 2.69 bits per heavy atom. The molecule has 0 atom stereocenters. The van der Waals surface area contributed by atoms with Gasteiger partial charge in [-0.05, 0) is 18.2 Å². The predicted octanol–water partition coefficient (Wildman–Crippen LogP) is 3.91. The first-order valence-corrected chi connectivity index (χ1v) is 5.40. The van der Waals surface area contributed by atoms with Crippen molar-refractivity contribution in [1.82, 2.24) is 0 Å². The van der Waals surface area contributed by atoms with Crippen molar-refractivity contribution in [3.8, 4) is 0 Å². The molecule has 0 aliphatic rings. The number of carbonyl (C=O) groups excluding carboxylic acids is 1. The van der Waals surface area contributed by atoms with Gasteiger partial charge in [-0.3, -0.25) is 4.79 Å². The number of alkyl halides is 1. The number of carbonyl (C=O) groups is 1. The molecule has 70 valence electrons. The van der Waals surface area contributed by atoms with Gasteiger partial charge in [-0.1, -0.05) is 27.5 Å². The van der Waals surface area contributed by atoms with Gasteiger partial charge in [-0.2, -0.15) is 0 Å². The topological polar surface area (TPSA) is 17.1 Å². The standard InChI is InChI=1S/C9H7BrCl2O/c10-6-1-2-7(8(12)5-6)9(13)3-4-11/h1-2,5H,3-4H2. The molecule has 0 N–H and O–H groups in total. The van der Waals surface area contributed by atoms with Gasteiger partial charge in [0.05, 0.1) is 5.02 Å². The van der Waals surface area contributed by atoms with Gasteiger partial charge in [0.2, 0.25) is 0 Å². The maximum atomic E-state index is 11.4. The van der Waals surface area contributed by atoms with Gasteiger partial charge < -0.3 is 0 Å². The minimum Gasteiger partial charge on any atom is -0.294 e. The van der Waals surface area contributed by atoms with E-state index >= 15 is 0 Å². The van der Waals surface area contributed by atoms with Gasteiger partial charge in [-0.25, -0.2) is 0 Å². The highest BCUT2D eigenvalue weighted by atomic mass is 79.9. The van der Waals surface area contributed by atoms with Crippen LogP contribution in [0.3, 0.4) is 0 Å². The van der Waals surface area contributed by atoms with Crippen LogP contribution < -0.4 is 0 Å². The van der Waals surface area contributed by atoms with Crippen molar-refractivity contribution in [3.63, 3.8) is 0 Å². The van der Waals surface area contributed by atoms with E-state index in [1.165, 1.54) is 0 Å². The third kappa shape index (κ3) is 2.97. The van der Waals surface area contributed by atoms with Gasteiger partial charge in [0.1, 0.15) is 0 Å². The van der Waals surface area contributed by atoms with Gasteiger partial charge in [-0.15, -0.1) is 11.6 Å². The highest BCUT2D eigenvalue weighted by molar-refractivity contribution is 9.10. The highest BCUT2D eigenvalue weighted by Gasteiger charge is 2.09. The number of hydrogen-bond acceptors (Lipinski definition) is 1. The van der Waals surface area contributed by atoms with Crippen molar-refractivity contribution in [2.24, 2.45) is 0 Å². The van der Waals surface area contributed by atoms with E-state index in [9.17, 15) is 4.79 Å². The molecule has 0 bridgehead atoms. The average molecular weight is 282 g/mol. The van der Waals surface area contributed by atoms with Gasteiger partial charge in [0, 0.05) is 22.3 Å². The quantitative estimate of drug-likeness (QED) is 0.606. The molecule has 1 nitrogen and oxygen atoms in total. The van der Waals surface area contributed by atoms with E-state index in [4.69, 9.17) is 23.2 Å². The van der Waals surface area contributed by atoms with Crippen LogP contribution in [-0.4, -0.2) is 11.7 Å². The number of hydrogen-bond donors (Lipinski definition) is 0. The van der Waals surface area contributed by atoms with Crippen LogP contribution in [-0.2, 0) is 0 Å². The summed E-state index contributed by atoms with van der Waals surface area (Å²) in [4.78, 5) is 11.4. The third-order valence-electron chi connectivity index (χ3n) is 1.55. The van der Waals surface area contributed by atoms with Crippen LogP contribution >= 0.6 is 39.1 Å². The lowest BCUT2D eigenvalue weighted by Gasteiger charge is -2.01. The maximum Gasteiger partial charge on any atom is 0.165 e. The molecular formula is C9H7BrCl2O. The van der Waals surface area contributed by atoms with Crippen LogP contribution in [0.4, 0.5) is 0 Å². The van der Waals surface area contributed by atoms with Crippen molar-refractivity contribution in [3.05, 3.63) is 33.3 Å². The smallest absolute Gasteiger partial charge is 0.165 e. The minimum atomic E-state index is -0.0208. The van der Waals surface area contributed by atoms with Crippen LogP contribution in [0.25, 0.3) is 0 Å². The van der Waals surface area contributed by atoms with E-state index < -0.39 is 0 Å². The van der Waals surface area contributed by atoms with Crippen molar-refractivity contribution in [2.75, 3.05) is 5.88 Å². The summed E-state index contributed by atoms with van der Waals surface area (Å²) in [6.07, 6.45) is 0.322. The molecule has 0 fully saturated rings. The monoisotopic (exact) mass is 280 g/mol. The lowest BCUT2D eigenvalue weighted by atomic mass is 10.1. The normalized spacial score (nSPS) is 10.1. The molecule has 0 aliphatic heterocycles. The second-order valence-corrected chi connectivity index (χ2v) is 4.19. The molecule has 0 aromatic heterocycles. The van der Waals surface area contributed by atoms with Crippen LogP contribution in [0.15, 0.2) is 22.7 Å². The Labute approximate surface area is 95.2 Å². The fourth-order valence-electron chi connectivity index (χ4n) is 0.936. The summed E-state index contributed by atoms with van der Waals surface area (Å²) in [7, 11) is 0. The first kappa shape index (κ1) is 11.0. The Balaban J connectivity index is 2.95. The largest absolute Gasteiger partial charge is 0.294 e. The van der Waals surface area contributed by atoms with E-state index in [-0.39, 0.29) is 5.78 Å². The van der Waals surface area contributed by atoms with Crippen LogP contribution in [0.2, 0.25) is 5.02 Å². The highest BCUT2D eigenvalue weighted by Crippen LogP contribution is 2.22. The molecule has 0 unspecified atom stereocenters. The third-order valence-corrected chi connectivity index (χ3v) is 2.55. The van der Waals surface area contributed by atoms with E-state index in [1.807, 2.05) is 0 Å². The SMILES string of the molecule is O=C(CCCl)c1ccc(Br)cc1Cl. The van der Waals surface area contributed by atoms with Crippen molar-refractivity contribution >= 4 is 44.9 Å². The second kappa shape index (κ2) is 4.99. The number of benzene rings is 1. The van der Waals surface area contributed by atoms with Crippen molar-refractivity contribution in [1.29, 1.82) is 0 Å². The molecule has 0 saturated heterocycles. The number of halogens is 3. The lowest BCUT2D eigenvalue weighted by Crippen LogP contribution is -2.00. The predicted molar refractivity (Wildman–Crippen MR) is 58.8 cm³/mol. The Hall–Kier alpha value is -0.0500. The number of Topliss-reactive ketones (excluding diaryl/α,β-unsaturated/α-hetero) is 1. The van der Waals surface area contributed by atoms with Gasteiger partial charge in [0.15, 0.2) is 5.78 Å². The van der Waals surface area contributed by atoms with Crippen LogP contribution in [0, 0.1) is 0 Å². The maximum absolute atomic E-state index is 11.4. The Kier molecular flexibility index (Phi) is 4.23. The molecule has 0 aliphatic carbocycles. The summed E-state index contributed by atoms with van der Waals surface area (Å²) in [5.74, 6) is 0.304. The molecule has 1 rings (SSSR count). The molecule has 1 aromatic rings. The molecule has 1 aromatic carbocycles. The van der Waals surface area contributed by atoms with Crippen LogP contribution in [0.1, 0.15) is 16.8 Å². The molecule has 0 spiro atoms. The summed E-state index contributed by atoms with van der Waals surface area (Å²) in [6, 6.07) is 5.18. The zero-order valence-electron chi connectivity index (χ0n) is 6.69. The fourth-order valence-corrected chi connectivity index (χ4v) is 1.89. The van der Waals surface area contributed by atoms with E-state index in [2.05, 4.69) is 15.9 Å². The first-order valence-electron chi connectivity index (χ1n) is 3.69. The summed E-state index contributed by atoms with van der Waals surface area (Å²) < 4.78 is 0.861. The zero-order valence-corrected chi connectivity index (χ0v) is 9.79. The summed E-state index contributed by atoms with van der Waals surface area (Å²) >= 11 is 14.6. The average Bonchev–Trinajstić information content (AvgIpc) is 2.04. The summed E-state index contributed by atoms with van der Waals surface area (Å²) in [6.45, 7) is 0. The molecular weight excluding hydrogens is 275 g/mol. The molecule has 4 heteroatoms. The summed E-state index contributed by atoms with van der Waals surface area (Å²) in [5, 5.41) is 0.462. The minimum absolute atomic E-state index is 0.0208. The zero-order chi connectivity index (χ0) is 9.84. The summed E-state index contributed by atoms with van der Waals surface area (Å²) in [5.41, 5.74) is 0.533. The van der Waals surface area contributed by atoms with Gasteiger partial charge >= 0.3 is 0 Å². The van der Waals surface area contributed by atoms with Gasteiger partial charge in [0.25, 0.3) is 0 Å². The molecule has 0 heterocycles. The number of rotatable bonds is 3. The Bertz CT molecular complexity index is 325. The molecule has 13 heavy (non-hydrogen) atoms. The Morgan fingerprint density at radius 2 is 2.15 bits per heavy atom. The first-order chi connectivity index (χ1) is 6.15. The molecule has 0 amide bonds.